The van der Waals surface area contributed by atoms with Gasteiger partial charge in [-0.25, -0.2) is 14.4 Å². The van der Waals surface area contributed by atoms with Gasteiger partial charge in [-0.05, 0) is 13.3 Å². The van der Waals surface area contributed by atoms with Crippen molar-refractivity contribution in [3.63, 3.8) is 0 Å². The molecular formula is C15H24O6. The summed E-state index contributed by atoms with van der Waals surface area (Å²) >= 11 is 0. The normalized spacial score (nSPS) is 9.10. The molecule has 0 radical (unpaired) electrons. The predicted octanol–water partition coefficient (Wildman–Crippen LogP) is 2.81. The third-order valence-corrected chi connectivity index (χ3v) is 1.66. The second-order valence-electron chi connectivity index (χ2n) is 3.45. The highest BCUT2D eigenvalue weighted by molar-refractivity contribution is 5.81. The van der Waals surface area contributed by atoms with E-state index in [2.05, 4.69) is 18.2 Å². The molecule has 0 aliphatic carbocycles. The number of rotatable bonds is 6. The van der Waals surface area contributed by atoms with Crippen LogP contribution in [-0.4, -0.2) is 35.2 Å². The standard InChI is InChI=1S/C7H12O2.2C4H6O2/c1-2-3-4-5-6-7(8)9;1-3-4(5)6-2;1-2-3-4(5)6/h5-6H,2-4H2,1H3,(H,8,9);3H,1H2,2H3;2-3H,1H3,(H,5,6). The van der Waals surface area contributed by atoms with Crippen molar-refractivity contribution in [1.82, 2.24) is 0 Å². The van der Waals surface area contributed by atoms with Gasteiger partial charge < -0.3 is 14.9 Å². The Morgan fingerprint density at radius 1 is 1.14 bits per heavy atom. The third kappa shape index (κ3) is 38.1. The Labute approximate surface area is 125 Å². The number of ether oxygens (including phenoxy) is 1. The number of carbonyl (C=O) groups is 3. The fourth-order valence-electron chi connectivity index (χ4n) is 0.732. The summed E-state index contributed by atoms with van der Waals surface area (Å²) in [6, 6.07) is 0. The van der Waals surface area contributed by atoms with Gasteiger partial charge in [-0.2, -0.15) is 0 Å². The van der Waals surface area contributed by atoms with Gasteiger partial charge in [0.25, 0.3) is 0 Å². The lowest BCUT2D eigenvalue weighted by Crippen LogP contribution is -1.91. The van der Waals surface area contributed by atoms with Gasteiger partial charge in [0.05, 0.1) is 7.11 Å². The highest BCUT2D eigenvalue weighted by Gasteiger charge is 1.83. The molecule has 6 heteroatoms. The Hall–Kier alpha value is -2.37. The van der Waals surface area contributed by atoms with Crippen LogP contribution in [0.4, 0.5) is 0 Å². The number of esters is 1. The molecule has 0 saturated heterocycles. The Bertz CT molecular complexity index is 355. The van der Waals surface area contributed by atoms with E-state index in [1.54, 1.807) is 13.0 Å². The van der Waals surface area contributed by atoms with Crippen LogP contribution in [0, 0.1) is 0 Å². The Morgan fingerprint density at radius 3 is 1.86 bits per heavy atom. The molecule has 2 N–H and O–H groups in total. The molecule has 0 aromatic heterocycles. The number of allylic oxidation sites excluding steroid dienone is 2. The first-order valence-electron chi connectivity index (χ1n) is 6.31. The summed E-state index contributed by atoms with van der Waals surface area (Å²) < 4.78 is 4.14. The third-order valence-electron chi connectivity index (χ3n) is 1.66. The Morgan fingerprint density at radius 2 is 1.67 bits per heavy atom. The highest BCUT2D eigenvalue weighted by Crippen LogP contribution is 1.93. The average Bonchev–Trinajstić information content (AvgIpc) is 2.43. The molecule has 120 valence electrons. The highest BCUT2D eigenvalue weighted by atomic mass is 16.5. The fourth-order valence-corrected chi connectivity index (χ4v) is 0.732. The zero-order valence-corrected chi connectivity index (χ0v) is 12.7. The van der Waals surface area contributed by atoms with Gasteiger partial charge in [0.2, 0.25) is 0 Å². The van der Waals surface area contributed by atoms with E-state index in [-0.39, 0.29) is 0 Å². The van der Waals surface area contributed by atoms with Crippen molar-refractivity contribution in [3.05, 3.63) is 37.0 Å². The van der Waals surface area contributed by atoms with E-state index in [0.29, 0.717) is 0 Å². The second-order valence-corrected chi connectivity index (χ2v) is 3.45. The van der Waals surface area contributed by atoms with Crippen LogP contribution in [0.1, 0.15) is 33.1 Å². The van der Waals surface area contributed by atoms with Crippen LogP contribution in [-0.2, 0) is 19.1 Å². The molecule has 6 nitrogen and oxygen atoms in total. The van der Waals surface area contributed by atoms with Crippen LogP contribution in [0.15, 0.2) is 37.0 Å². The van der Waals surface area contributed by atoms with Crippen LogP contribution in [0.3, 0.4) is 0 Å². The number of carboxylic acids is 2. The number of aliphatic carboxylic acids is 2. The number of hydrogen-bond acceptors (Lipinski definition) is 4. The first-order valence-corrected chi connectivity index (χ1v) is 6.31. The van der Waals surface area contributed by atoms with Crippen molar-refractivity contribution < 1.29 is 29.3 Å². The number of hydrogen-bond donors (Lipinski definition) is 2. The van der Waals surface area contributed by atoms with Gasteiger partial charge in [0.1, 0.15) is 0 Å². The van der Waals surface area contributed by atoms with Crippen molar-refractivity contribution in [3.8, 4) is 0 Å². The lowest BCUT2D eigenvalue weighted by Gasteiger charge is -1.85. The minimum absolute atomic E-state index is 0.394. The summed E-state index contributed by atoms with van der Waals surface area (Å²) in [7, 11) is 1.31. The largest absolute Gasteiger partial charge is 0.478 e. The van der Waals surface area contributed by atoms with E-state index in [1.165, 1.54) is 19.3 Å². The van der Waals surface area contributed by atoms with Crippen molar-refractivity contribution >= 4 is 17.9 Å². The lowest BCUT2D eigenvalue weighted by atomic mass is 10.2. The second kappa shape index (κ2) is 20.0. The summed E-state index contributed by atoms with van der Waals surface area (Å²) in [6.45, 7) is 6.90. The Balaban J connectivity index is -0.000000240. The van der Waals surface area contributed by atoms with E-state index in [4.69, 9.17) is 10.2 Å². The minimum Gasteiger partial charge on any atom is -0.478 e. The maximum atomic E-state index is 9.88. The average molecular weight is 300 g/mol. The molecule has 0 heterocycles. The molecule has 0 fully saturated rings. The van der Waals surface area contributed by atoms with E-state index in [1.807, 2.05) is 0 Å². The van der Waals surface area contributed by atoms with E-state index in [9.17, 15) is 14.4 Å². The van der Waals surface area contributed by atoms with Crippen LogP contribution < -0.4 is 0 Å². The Kier molecular flexibility index (Phi) is 22.5. The first-order chi connectivity index (χ1) is 9.85. The van der Waals surface area contributed by atoms with Crippen LogP contribution in [0.25, 0.3) is 0 Å². The molecule has 0 aromatic carbocycles. The van der Waals surface area contributed by atoms with E-state index >= 15 is 0 Å². The van der Waals surface area contributed by atoms with Crippen LogP contribution >= 0.6 is 0 Å². The van der Waals surface area contributed by atoms with Gasteiger partial charge in [0.15, 0.2) is 0 Å². The molecule has 0 atom stereocenters. The number of methoxy groups -OCH3 is 1. The maximum Gasteiger partial charge on any atom is 0.329 e. The van der Waals surface area contributed by atoms with Gasteiger partial charge in [-0.15, -0.1) is 0 Å². The summed E-state index contributed by atoms with van der Waals surface area (Å²) in [5.41, 5.74) is 0. The molecule has 21 heavy (non-hydrogen) atoms. The van der Waals surface area contributed by atoms with E-state index < -0.39 is 17.9 Å². The quantitative estimate of drug-likeness (QED) is 0.444. The molecule has 0 rings (SSSR count). The van der Waals surface area contributed by atoms with Gasteiger partial charge >= 0.3 is 17.9 Å². The number of carbonyl (C=O) groups excluding carboxylic acids is 1. The monoisotopic (exact) mass is 300 g/mol. The SMILES string of the molecule is C=CC(=O)OC.CC=CC(=O)O.CCCCC=CC(=O)O. The van der Waals surface area contributed by atoms with Gasteiger partial charge in [-0.3, -0.25) is 0 Å². The summed E-state index contributed by atoms with van der Waals surface area (Å²) in [5.74, 6) is -2.14. The minimum atomic E-state index is -0.891. The van der Waals surface area contributed by atoms with Crippen molar-refractivity contribution in [1.29, 1.82) is 0 Å². The molecule has 0 aliphatic heterocycles. The van der Waals surface area contributed by atoms with Crippen molar-refractivity contribution in [2.45, 2.75) is 33.1 Å². The summed E-state index contributed by atoms with van der Waals surface area (Å²) in [4.78, 5) is 29.2. The van der Waals surface area contributed by atoms with E-state index in [0.717, 1.165) is 31.4 Å². The molecule has 0 aliphatic rings. The molecule has 0 unspecified atom stereocenters. The number of carboxylic acid groups (broad SMARTS) is 2. The summed E-state index contributed by atoms with van der Waals surface area (Å²) in [6.07, 6.45) is 9.61. The molecule has 0 aromatic rings. The molecule has 0 saturated carbocycles. The maximum absolute atomic E-state index is 9.88. The molecule has 0 amide bonds. The topological polar surface area (TPSA) is 101 Å². The predicted molar refractivity (Wildman–Crippen MR) is 81.0 cm³/mol. The molecule has 0 bridgehead atoms. The first kappa shape index (κ1) is 23.7. The van der Waals surface area contributed by atoms with Gasteiger partial charge in [-0.1, -0.05) is 38.5 Å². The van der Waals surface area contributed by atoms with Crippen molar-refractivity contribution in [2.24, 2.45) is 0 Å². The van der Waals surface area contributed by atoms with Gasteiger partial charge in [0, 0.05) is 18.2 Å². The van der Waals surface area contributed by atoms with Crippen LogP contribution in [0.5, 0.6) is 0 Å². The zero-order valence-electron chi connectivity index (χ0n) is 12.7. The summed E-state index contributed by atoms with van der Waals surface area (Å²) in [5, 5.41) is 16.0. The van der Waals surface area contributed by atoms with Crippen molar-refractivity contribution in [2.75, 3.05) is 7.11 Å². The fraction of sp³-hybridized carbons (Fsp3) is 0.400. The lowest BCUT2D eigenvalue weighted by molar-refractivity contribution is -0.135. The molecular weight excluding hydrogens is 276 g/mol. The molecule has 0 spiro atoms. The number of unbranched alkanes of at least 4 members (excludes halogenated alkanes) is 2. The zero-order chi connectivity index (χ0) is 17.1. The smallest absolute Gasteiger partial charge is 0.329 e. The van der Waals surface area contributed by atoms with Crippen LogP contribution in [0.2, 0.25) is 0 Å².